The Labute approximate surface area is 136 Å². The van der Waals surface area contributed by atoms with Gasteiger partial charge in [0.1, 0.15) is 0 Å². The summed E-state index contributed by atoms with van der Waals surface area (Å²) in [4.78, 5) is 27.9. The number of aromatic nitrogens is 2. The standard InChI is InChI=1S/C18H22N2O3/c1-5-14-7-9-20(10-8-14)11-15(21)16-12(3)19-13(4)17(16)18(22)23-6-2/h7-10H,5-6,11H2,1-4H3/p+1. The first kappa shape index (κ1) is 16.9. The minimum absolute atomic E-state index is 0.107. The smallest absolute Gasteiger partial charge is 0.340 e. The summed E-state index contributed by atoms with van der Waals surface area (Å²) < 4.78 is 6.89. The lowest BCUT2D eigenvalue weighted by atomic mass is 10.0. The molecule has 0 aliphatic carbocycles. The summed E-state index contributed by atoms with van der Waals surface area (Å²) in [5, 5.41) is 0. The van der Waals surface area contributed by atoms with E-state index in [9.17, 15) is 9.59 Å². The molecule has 2 aromatic rings. The van der Waals surface area contributed by atoms with E-state index in [1.165, 1.54) is 5.56 Å². The van der Waals surface area contributed by atoms with Crippen molar-refractivity contribution in [3.05, 3.63) is 52.6 Å². The number of ether oxygens (including phenoxy) is 1. The molecule has 0 atom stereocenters. The van der Waals surface area contributed by atoms with Crippen molar-refractivity contribution in [1.29, 1.82) is 0 Å². The molecular weight excluding hydrogens is 292 g/mol. The topological polar surface area (TPSA) is 63.0 Å². The van der Waals surface area contributed by atoms with Crippen molar-refractivity contribution >= 4 is 11.8 Å². The number of nitrogens with one attached hydrogen (secondary N) is 1. The second-order valence-corrected chi connectivity index (χ2v) is 5.50. The summed E-state index contributed by atoms with van der Waals surface area (Å²) in [6.07, 6.45) is 4.73. The molecule has 5 heteroatoms. The number of hydrogen-bond donors (Lipinski definition) is 1. The molecule has 122 valence electrons. The average Bonchev–Trinajstić information content (AvgIpc) is 2.82. The van der Waals surface area contributed by atoms with E-state index in [0.717, 1.165) is 6.42 Å². The van der Waals surface area contributed by atoms with Crippen LogP contribution in [0.2, 0.25) is 0 Å². The molecular formula is C18H23N2O3+. The van der Waals surface area contributed by atoms with Gasteiger partial charge >= 0.3 is 5.97 Å². The highest BCUT2D eigenvalue weighted by molar-refractivity contribution is 6.07. The van der Waals surface area contributed by atoms with Crippen molar-refractivity contribution in [1.82, 2.24) is 4.98 Å². The van der Waals surface area contributed by atoms with Gasteiger partial charge in [-0.3, -0.25) is 4.79 Å². The van der Waals surface area contributed by atoms with Crippen molar-refractivity contribution in [3.8, 4) is 0 Å². The molecule has 0 fully saturated rings. The predicted molar refractivity (Wildman–Crippen MR) is 86.6 cm³/mol. The van der Waals surface area contributed by atoms with E-state index in [2.05, 4.69) is 11.9 Å². The fraction of sp³-hybridized carbons (Fsp3) is 0.389. The number of hydrogen-bond acceptors (Lipinski definition) is 3. The largest absolute Gasteiger partial charge is 0.462 e. The van der Waals surface area contributed by atoms with Gasteiger partial charge in [0.15, 0.2) is 12.4 Å². The van der Waals surface area contributed by atoms with Crippen molar-refractivity contribution < 1.29 is 18.9 Å². The Morgan fingerprint density at radius 3 is 2.26 bits per heavy atom. The van der Waals surface area contributed by atoms with Crippen LogP contribution < -0.4 is 4.57 Å². The molecule has 23 heavy (non-hydrogen) atoms. The monoisotopic (exact) mass is 315 g/mol. The molecule has 2 rings (SSSR count). The fourth-order valence-electron chi connectivity index (χ4n) is 2.66. The Hall–Kier alpha value is -2.43. The van der Waals surface area contributed by atoms with E-state index in [1.54, 1.807) is 20.8 Å². The number of pyridine rings is 1. The molecule has 2 aromatic heterocycles. The molecule has 0 saturated heterocycles. The number of nitrogens with zero attached hydrogens (tertiary/aromatic N) is 1. The highest BCUT2D eigenvalue weighted by Crippen LogP contribution is 2.20. The highest BCUT2D eigenvalue weighted by Gasteiger charge is 2.27. The number of rotatable bonds is 6. The van der Waals surface area contributed by atoms with E-state index in [-0.39, 0.29) is 18.9 Å². The zero-order valence-electron chi connectivity index (χ0n) is 14.1. The Morgan fingerprint density at radius 1 is 1.09 bits per heavy atom. The third-order valence-corrected chi connectivity index (χ3v) is 3.83. The van der Waals surface area contributed by atoms with Gasteiger partial charge in [0.05, 0.1) is 17.7 Å². The molecule has 0 bridgehead atoms. The number of H-pyrrole nitrogens is 1. The normalized spacial score (nSPS) is 10.6. The minimum atomic E-state index is -0.455. The number of ketones is 1. The zero-order chi connectivity index (χ0) is 17.0. The lowest BCUT2D eigenvalue weighted by molar-refractivity contribution is -0.683. The minimum Gasteiger partial charge on any atom is -0.462 e. The maximum atomic E-state index is 12.7. The maximum Gasteiger partial charge on any atom is 0.340 e. The molecule has 0 aliphatic heterocycles. The van der Waals surface area contributed by atoms with E-state index < -0.39 is 5.97 Å². The molecule has 0 radical (unpaired) electrons. The molecule has 2 heterocycles. The maximum absolute atomic E-state index is 12.7. The van der Waals surface area contributed by atoms with Crippen molar-refractivity contribution in [2.75, 3.05) is 6.61 Å². The van der Waals surface area contributed by atoms with Gasteiger partial charge in [0.2, 0.25) is 12.3 Å². The van der Waals surface area contributed by atoms with E-state index in [0.29, 0.717) is 22.5 Å². The van der Waals surface area contributed by atoms with Gasteiger partial charge in [0, 0.05) is 23.5 Å². The SMILES string of the molecule is CCOC(=O)c1c(C)[nH]c(C)c1C(=O)C[n+]1ccc(CC)cc1. The Balaban J connectivity index is 2.29. The lowest BCUT2D eigenvalue weighted by Gasteiger charge is -2.04. The van der Waals surface area contributed by atoms with E-state index in [1.807, 2.05) is 29.1 Å². The first-order valence-corrected chi connectivity index (χ1v) is 7.85. The number of aryl methyl sites for hydroxylation is 3. The zero-order valence-corrected chi connectivity index (χ0v) is 14.1. The van der Waals surface area contributed by atoms with Gasteiger partial charge in [-0.15, -0.1) is 0 Å². The van der Waals surface area contributed by atoms with Crippen LogP contribution in [0, 0.1) is 13.8 Å². The van der Waals surface area contributed by atoms with Crippen LogP contribution in [0.4, 0.5) is 0 Å². The van der Waals surface area contributed by atoms with Crippen LogP contribution in [0.1, 0.15) is 51.5 Å². The van der Waals surface area contributed by atoms with Crippen LogP contribution in [0.25, 0.3) is 0 Å². The van der Waals surface area contributed by atoms with E-state index in [4.69, 9.17) is 4.74 Å². The van der Waals surface area contributed by atoms with Gasteiger partial charge in [-0.1, -0.05) is 6.92 Å². The molecule has 0 unspecified atom stereocenters. The highest BCUT2D eigenvalue weighted by atomic mass is 16.5. The first-order chi connectivity index (χ1) is 11.0. The molecule has 0 aromatic carbocycles. The van der Waals surface area contributed by atoms with Crippen LogP contribution in [0.15, 0.2) is 24.5 Å². The molecule has 1 N–H and O–H groups in total. The van der Waals surface area contributed by atoms with Gasteiger partial charge in [-0.05, 0) is 32.8 Å². The van der Waals surface area contributed by atoms with Crippen molar-refractivity contribution in [2.45, 2.75) is 40.7 Å². The van der Waals surface area contributed by atoms with Gasteiger partial charge in [-0.25, -0.2) is 4.79 Å². The summed E-state index contributed by atoms with van der Waals surface area (Å²) in [6, 6.07) is 3.99. The molecule has 0 aliphatic rings. The third-order valence-electron chi connectivity index (χ3n) is 3.83. The van der Waals surface area contributed by atoms with Crippen molar-refractivity contribution in [2.24, 2.45) is 0 Å². The van der Waals surface area contributed by atoms with Gasteiger partial charge in [0.25, 0.3) is 0 Å². The van der Waals surface area contributed by atoms with E-state index >= 15 is 0 Å². The Morgan fingerprint density at radius 2 is 1.70 bits per heavy atom. The summed E-state index contributed by atoms with van der Waals surface area (Å²) in [7, 11) is 0. The molecule has 5 nitrogen and oxygen atoms in total. The van der Waals surface area contributed by atoms with Crippen LogP contribution in [-0.4, -0.2) is 23.3 Å². The molecule has 0 amide bonds. The molecule has 0 saturated carbocycles. The Kier molecular flexibility index (Phi) is 5.32. The van der Waals surface area contributed by atoms with Crippen molar-refractivity contribution in [3.63, 3.8) is 0 Å². The summed E-state index contributed by atoms with van der Waals surface area (Å²) in [6.45, 7) is 7.88. The molecule has 0 spiro atoms. The summed E-state index contributed by atoms with van der Waals surface area (Å²) in [5.41, 5.74) is 3.35. The number of esters is 1. The summed E-state index contributed by atoms with van der Waals surface area (Å²) >= 11 is 0. The second kappa shape index (κ2) is 7.22. The van der Waals surface area contributed by atoms with Gasteiger partial charge in [-0.2, -0.15) is 4.57 Å². The van der Waals surface area contributed by atoms with Crippen LogP contribution in [-0.2, 0) is 17.7 Å². The number of carbonyl (C=O) groups is 2. The Bertz CT molecular complexity index is 715. The first-order valence-electron chi connectivity index (χ1n) is 7.85. The van der Waals surface area contributed by atoms with Gasteiger partial charge < -0.3 is 9.72 Å². The van der Waals surface area contributed by atoms with Crippen LogP contribution in [0.5, 0.6) is 0 Å². The number of aromatic amines is 1. The van der Waals surface area contributed by atoms with Crippen LogP contribution in [0.3, 0.4) is 0 Å². The predicted octanol–water partition coefficient (Wildman–Crippen LogP) is 2.54. The summed E-state index contributed by atoms with van der Waals surface area (Å²) in [5.74, 6) is -0.562. The average molecular weight is 315 g/mol. The quantitative estimate of drug-likeness (QED) is 0.506. The lowest BCUT2D eigenvalue weighted by Crippen LogP contribution is -2.37. The fourth-order valence-corrected chi connectivity index (χ4v) is 2.66. The number of carbonyl (C=O) groups excluding carboxylic acids is 2. The van der Waals surface area contributed by atoms with Crippen LogP contribution >= 0.6 is 0 Å². The third kappa shape index (κ3) is 3.67. The number of Topliss-reactive ketones (excluding diaryl/α,β-unsaturated/α-hetero) is 1. The second-order valence-electron chi connectivity index (χ2n) is 5.50.